The molecule has 2 aromatic rings. The van der Waals surface area contributed by atoms with E-state index in [9.17, 15) is 8.42 Å². The van der Waals surface area contributed by atoms with Gasteiger partial charge in [-0.3, -0.25) is 4.72 Å². The minimum atomic E-state index is -3.78. The van der Waals surface area contributed by atoms with Crippen molar-refractivity contribution in [2.24, 2.45) is 0 Å². The molecule has 0 spiro atoms. The summed E-state index contributed by atoms with van der Waals surface area (Å²) in [7, 11) is -3.78. The molecular weight excluding hydrogens is 331 g/mol. The summed E-state index contributed by atoms with van der Waals surface area (Å²) in [5, 5.41) is 0.656. The molecule has 0 saturated carbocycles. The Morgan fingerprint density at radius 2 is 1.76 bits per heavy atom. The first-order valence-corrected chi connectivity index (χ1v) is 8.29. The topological polar surface area (TPSA) is 72.2 Å². The Balaban J connectivity index is 2.48. The minimum Gasteiger partial charge on any atom is -0.398 e. The van der Waals surface area contributed by atoms with E-state index in [4.69, 9.17) is 28.9 Å². The molecule has 112 valence electrons. The first-order valence-electron chi connectivity index (χ1n) is 6.05. The lowest BCUT2D eigenvalue weighted by atomic mass is 10.1. The molecule has 0 saturated heterocycles. The van der Waals surface area contributed by atoms with Gasteiger partial charge in [0.1, 0.15) is 0 Å². The van der Waals surface area contributed by atoms with Crippen LogP contribution >= 0.6 is 23.2 Å². The number of aryl methyl sites for hydroxylation is 1. The van der Waals surface area contributed by atoms with Gasteiger partial charge in [-0.2, -0.15) is 0 Å². The third-order valence-corrected chi connectivity index (χ3v) is 5.05. The summed E-state index contributed by atoms with van der Waals surface area (Å²) in [6.45, 7) is 3.44. The third-order valence-electron chi connectivity index (χ3n) is 3.01. The maximum absolute atomic E-state index is 12.5. The number of sulfonamides is 1. The summed E-state index contributed by atoms with van der Waals surface area (Å²) in [6.07, 6.45) is 0. The van der Waals surface area contributed by atoms with Crippen LogP contribution in [0.5, 0.6) is 0 Å². The zero-order valence-electron chi connectivity index (χ0n) is 11.4. The average molecular weight is 345 g/mol. The zero-order chi connectivity index (χ0) is 15.8. The van der Waals surface area contributed by atoms with E-state index in [0.717, 1.165) is 5.56 Å². The number of nitrogen functional groups attached to an aromatic ring is 1. The second-order valence-electron chi connectivity index (χ2n) is 4.71. The zero-order valence-corrected chi connectivity index (χ0v) is 13.8. The van der Waals surface area contributed by atoms with E-state index in [2.05, 4.69) is 4.72 Å². The van der Waals surface area contributed by atoms with Crippen LogP contribution in [0.1, 0.15) is 11.1 Å². The molecule has 0 bridgehead atoms. The molecule has 0 fully saturated rings. The van der Waals surface area contributed by atoms with Crippen LogP contribution in [0.3, 0.4) is 0 Å². The highest BCUT2D eigenvalue weighted by atomic mass is 35.5. The van der Waals surface area contributed by atoms with Crippen molar-refractivity contribution in [2.45, 2.75) is 18.7 Å². The van der Waals surface area contributed by atoms with Crippen molar-refractivity contribution in [3.05, 3.63) is 51.5 Å². The lowest BCUT2D eigenvalue weighted by Crippen LogP contribution is -2.15. The van der Waals surface area contributed by atoms with Crippen molar-refractivity contribution < 1.29 is 8.42 Å². The molecule has 0 atom stereocenters. The summed E-state index contributed by atoms with van der Waals surface area (Å²) in [5.74, 6) is 0. The molecule has 0 amide bonds. The van der Waals surface area contributed by atoms with Gasteiger partial charge in [0, 0.05) is 10.7 Å². The predicted octanol–water partition coefficient (Wildman–Crippen LogP) is 3.99. The van der Waals surface area contributed by atoms with Gasteiger partial charge in [-0.05, 0) is 55.3 Å². The number of benzene rings is 2. The lowest BCUT2D eigenvalue weighted by molar-refractivity contribution is 0.600. The summed E-state index contributed by atoms with van der Waals surface area (Å²) in [6, 6.07) is 7.83. The van der Waals surface area contributed by atoms with Gasteiger partial charge in [0.15, 0.2) is 0 Å². The summed E-state index contributed by atoms with van der Waals surface area (Å²) >= 11 is 11.8. The monoisotopic (exact) mass is 344 g/mol. The number of nitrogens with one attached hydrogen (secondary N) is 1. The van der Waals surface area contributed by atoms with Crippen molar-refractivity contribution in [3.63, 3.8) is 0 Å². The normalized spacial score (nSPS) is 11.4. The number of halogens is 2. The molecule has 4 nitrogen and oxygen atoms in total. The Morgan fingerprint density at radius 1 is 1.10 bits per heavy atom. The number of anilines is 2. The number of hydrogen-bond acceptors (Lipinski definition) is 3. The maximum atomic E-state index is 12.5. The van der Waals surface area contributed by atoms with Crippen LogP contribution in [0.2, 0.25) is 10.0 Å². The van der Waals surface area contributed by atoms with Crippen LogP contribution in [-0.2, 0) is 10.0 Å². The van der Waals surface area contributed by atoms with E-state index in [1.54, 1.807) is 32.0 Å². The van der Waals surface area contributed by atoms with Gasteiger partial charge >= 0.3 is 0 Å². The second kappa shape index (κ2) is 5.75. The van der Waals surface area contributed by atoms with Crippen LogP contribution in [0.25, 0.3) is 0 Å². The Morgan fingerprint density at radius 3 is 2.38 bits per heavy atom. The van der Waals surface area contributed by atoms with Gasteiger partial charge in [0.2, 0.25) is 0 Å². The molecule has 3 N–H and O–H groups in total. The van der Waals surface area contributed by atoms with Crippen LogP contribution in [0, 0.1) is 13.8 Å². The number of nitrogens with two attached hydrogens (primary N) is 1. The highest BCUT2D eigenvalue weighted by Gasteiger charge is 2.20. The molecule has 21 heavy (non-hydrogen) atoms. The van der Waals surface area contributed by atoms with Gasteiger partial charge in [-0.1, -0.05) is 23.2 Å². The van der Waals surface area contributed by atoms with Gasteiger partial charge in [-0.25, -0.2) is 8.42 Å². The quantitative estimate of drug-likeness (QED) is 0.826. The SMILES string of the molecule is Cc1cc(N)c(C)c(S(=O)(=O)Nc2ccc(Cl)cc2Cl)c1. The van der Waals surface area contributed by atoms with Gasteiger partial charge in [0.25, 0.3) is 10.0 Å². The average Bonchev–Trinajstić information content (AvgIpc) is 2.37. The fourth-order valence-corrected chi connectivity index (χ4v) is 3.85. The van der Waals surface area contributed by atoms with Crippen molar-refractivity contribution in [1.29, 1.82) is 0 Å². The van der Waals surface area contributed by atoms with E-state index in [1.807, 2.05) is 0 Å². The van der Waals surface area contributed by atoms with Crippen molar-refractivity contribution in [1.82, 2.24) is 0 Å². The molecule has 0 aliphatic carbocycles. The predicted molar refractivity (Wildman–Crippen MR) is 87.6 cm³/mol. The Bertz CT molecular complexity index is 805. The van der Waals surface area contributed by atoms with E-state index in [1.165, 1.54) is 12.1 Å². The molecule has 2 rings (SSSR count). The van der Waals surface area contributed by atoms with Crippen molar-refractivity contribution in [2.75, 3.05) is 10.5 Å². The third kappa shape index (κ3) is 3.43. The van der Waals surface area contributed by atoms with Gasteiger partial charge in [-0.15, -0.1) is 0 Å². The Hall–Kier alpha value is -1.43. The maximum Gasteiger partial charge on any atom is 0.262 e. The van der Waals surface area contributed by atoms with Crippen molar-refractivity contribution >= 4 is 44.6 Å². The highest BCUT2D eigenvalue weighted by molar-refractivity contribution is 7.92. The molecule has 0 heterocycles. The molecular formula is C14H14Cl2N2O2S. The molecule has 0 aliphatic rings. The van der Waals surface area contributed by atoms with Crippen molar-refractivity contribution in [3.8, 4) is 0 Å². The number of hydrogen-bond donors (Lipinski definition) is 2. The minimum absolute atomic E-state index is 0.131. The standard InChI is InChI=1S/C14H14Cl2N2O2S/c1-8-5-12(17)9(2)14(6-8)21(19,20)18-13-4-3-10(15)7-11(13)16/h3-7,18H,17H2,1-2H3. The fraction of sp³-hybridized carbons (Fsp3) is 0.143. The van der Waals surface area contributed by atoms with Crippen LogP contribution in [0.15, 0.2) is 35.2 Å². The van der Waals surface area contributed by atoms with Crippen LogP contribution in [-0.4, -0.2) is 8.42 Å². The first-order chi connectivity index (χ1) is 9.70. The Labute approximate surface area is 133 Å². The van der Waals surface area contributed by atoms with Crippen LogP contribution in [0.4, 0.5) is 11.4 Å². The molecule has 0 radical (unpaired) electrons. The van der Waals surface area contributed by atoms with Gasteiger partial charge < -0.3 is 5.73 Å². The summed E-state index contributed by atoms with van der Waals surface area (Å²) < 4.78 is 27.5. The van der Waals surface area contributed by atoms with Crippen LogP contribution < -0.4 is 10.5 Å². The Kier molecular flexibility index (Phi) is 4.37. The molecule has 0 aromatic heterocycles. The smallest absolute Gasteiger partial charge is 0.262 e. The first kappa shape index (κ1) is 15.9. The second-order valence-corrected chi connectivity index (χ2v) is 7.20. The lowest BCUT2D eigenvalue weighted by Gasteiger charge is -2.14. The summed E-state index contributed by atoms with van der Waals surface area (Å²) in [5.41, 5.74) is 7.78. The molecule has 7 heteroatoms. The van der Waals surface area contributed by atoms with E-state index in [0.29, 0.717) is 16.3 Å². The fourth-order valence-electron chi connectivity index (χ4n) is 1.90. The molecule has 2 aromatic carbocycles. The van der Waals surface area contributed by atoms with Gasteiger partial charge in [0.05, 0.1) is 15.6 Å². The van der Waals surface area contributed by atoms with E-state index < -0.39 is 10.0 Å². The highest BCUT2D eigenvalue weighted by Crippen LogP contribution is 2.29. The van der Waals surface area contributed by atoms with E-state index in [-0.39, 0.29) is 15.6 Å². The van der Waals surface area contributed by atoms with E-state index >= 15 is 0 Å². The molecule has 0 aliphatic heterocycles. The largest absolute Gasteiger partial charge is 0.398 e. The number of rotatable bonds is 3. The summed E-state index contributed by atoms with van der Waals surface area (Å²) in [4.78, 5) is 0.131. The molecule has 0 unspecified atom stereocenters.